The van der Waals surface area contributed by atoms with E-state index >= 15 is 0 Å². The SMILES string of the molecule is CCNC(=O)C(C#N)CC1SC(CCNc2cccc(NC(=O)CN3CCN(C(=O)C(C)(C)C)CC3)c2)C(=O)N1CC. The van der Waals surface area contributed by atoms with Crippen LogP contribution in [0.1, 0.15) is 47.5 Å². The second-order valence-corrected chi connectivity index (χ2v) is 13.1. The maximum atomic E-state index is 13.0. The molecule has 2 saturated heterocycles. The van der Waals surface area contributed by atoms with Crippen molar-refractivity contribution in [3.05, 3.63) is 24.3 Å². The number of nitrogens with zero attached hydrogens (tertiary/aromatic N) is 4. The summed E-state index contributed by atoms with van der Waals surface area (Å²) in [5.41, 5.74) is 1.11. The molecule has 11 nitrogen and oxygen atoms in total. The van der Waals surface area contributed by atoms with Gasteiger partial charge in [-0.1, -0.05) is 26.8 Å². The highest BCUT2D eigenvalue weighted by molar-refractivity contribution is 8.01. The highest BCUT2D eigenvalue weighted by Crippen LogP contribution is 2.37. The highest BCUT2D eigenvalue weighted by atomic mass is 32.2. The number of carbonyl (C=O) groups is 4. The second-order valence-electron chi connectivity index (χ2n) is 11.7. The Labute approximate surface area is 253 Å². The molecule has 0 radical (unpaired) electrons. The highest BCUT2D eigenvalue weighted by Gasteiger charge is 2.40. The summed E-state index contributed by atoms with van der Waals surface area (Å²) in [7, 11) is 0. The normalized spacial score (nSPS) is 20.1. The number of rotatable bonds is 12. The van der Waals surface area contributed by atoms with Crippen molar-refractivity contribution in [1.82, 2.24) is 20.0 Å². The van der Waals surface area contributed by atoms with Crippen molar-refractivity contribution in [2.45, 2.75) is 58.1 Å². The fourth-order valence-electron chi connectivity index (χ4n) is 5.14. The minimum Gasteiger partial charge on any atom is -0.385 e. The third kappa shape index (κ3) is 9.10. The lowest BCUT2D eigenvalue weighted by Gasteiger charge is -2.37. The first-order chi connectivity index (χ1) is 20.0. The van der Waals surface area contributed by atoms with E-state index in [9.17, 15) is 24.4 Å². The summed E-state index contributed by atoms with van der Waals surface area (Å²) >= 11 is 1.52. The van der Waals surface area contributed by atoms with Crippen molar-refractivity contribution in [3.8, 4) is 6.07 Å². The third-order valence-corrected chi connectivity index (χ3v) is 8.91. The van der Waals surface area contributed by atoms with Gasteiger partial charge in [0.25, 0.3) is 0 Å². The lowest BCUT2D eigenvalue weighted by Crippen LogP contribution is -2.52. The molecule has 2 heterocycles. The van der Waals surface area contributed by atoms with Crippen LogP contribution in [-0.2, 0) is 19.2 Å². The summed E-state index contributed by atoms with van der Waals surface area (Å²) in [6.07, 6.45) is 0.901. The fraction of sp³-hybridized carbons (Fsp3) is 0.633. The van der Waals surface area contributed by atoms with Gasteiger partial charge < -0.3 is 25.8 Å². The zero-order chi connectivity index (χ0) is 30.9. The molecular formula is C30H45N7O4S. The maximum Gasteiger partial charge on any atom is 0.238 e. The Hall–Kier alpha value is -3.30. The van der Waals surface area contributed by atoms with Crippen LogP contribution in [-0.4, -0.2) is 101 Å². The molecule has 0 aliphatic carbocycles. The average molecular weight is 600 g/mol. The third-order valence-electron chi connectivity index (χ3n) is 7.38. The smallest absolute Gasteiger partial charge is 0.238 e. The number of nitriles is 1. The van der Waals surface area contributed by atoms with Crippen molar-refractivity contribution in [2.75, 3.05) is 63.0 Å². The van der Waals surface area contributed by atoms with Crippen molar-refractivity contribution in [1.29, 1.82) is 5.26 Å². The molecule has 0 aromatic heterocycles. The molecule has 3 unspecified atom stereocenters. The Morgan fingerprint density at radius 1 is 1.12 bits per heavy atom. The predicted molar refractivity (Wildman–Crippen MR) is 166 cm³/mol. The summed E-state index contributed by atoms with van der Waals surface area (Å²) in [5, 5.41) is 18.0. The first-order valence-electron chi connectivity index (χ1n) is 14.8. The lowest BCUT2D eigenvalue weighted by atomic mass is 9.94. The van der Waals surface area contributed by atoms with Gasteiger partial charge in [0.2, 0.25) is 23.6 Å². The molecule has 3 rings (SSSR count). The van der Waals surface area contributed by atoms with Gasteiger partial charge in [0.1, 0.15) is 5.92 Å². The summed E-state index contributed by atoms with van der Waals surface area (Å²) in [4.78, 5) is 56.1. The first-order valence-corrected chi connectivity index (χ1v) is 15.7. The molecule has 3 N–H and O–H groups in total. The minimum atomic E-state index is -0.790. The van der Waals surface area contributed by atoms with Crippen molar-refractivity contribution >= 4 is 46.8 Å². The number of hydrogen-bond donors (Lipinski definition) is 3. The number of amides is 4. The Morgan fingerprint density at radius 2 is 1.81 bits per heavy atom. The molecule has 1 aromatic rings. The fourth-order valence-corrected chi connectivity index (χ4v) is 6.73. The Bertz CT molecular complexity index is 1160. The Balaban J connectivity index is 1.45. The maximum absolute atomic E-state index is 13.0. The molecule has 12 heteroatoms. The molecule has 1 aromatic carbocycles. The van der Waals surface area contributed by atoms with E-state index in [1.807, 2.05) is 63.8 Å². The van der Waals surface area contributed by atoms with Gasteiger partial charge >= 0.3 is 0 Å². The average Bonchev–Trinajstić information content (AvgIpc) is 3.25. The Kier molecular flexibility index (Phi) is 12.1. The number of anilines is 2. The van der Waals surface area contributed by atoms with Crippen LogP contribution in [0.25, 0.3) is 0 Å². The summed E-state index contributed by atoms with van der Waals surface area (Å²) in [5.74, 6) is -1.02. The van der Waals surface area contributed by atoms with Gasteiger partial charge in [-0.15, -0.1) is 11.8 Å². The summed E-state index contributed by atoms with van der Waals surface area (Å²) in [6.45, 7) is 13.9. The van der Waals surface area contributed by atoms with E-state index in [-0.39, 0.29) is 40.8 Å². The van der Waals surface area contributed by atoms with Gasteiger partial charge in [-0.05, 0) is 38.5 Å². The summed E-state index contributed by atoms with van der Waals surface area (Å²) in [6, 6.07) is 9.56. The molecule has 230 valence electrons. The monoisotopic (exact) mass is 599 g/mol. The van der Waals surface area contributed by atoms with E-state index in [0.29, 0.717) is 64.3 Å². The van der Waals surface area contributed by atoms with E-state index < -0.39 is 11.3 Å². The van der Waals surface area contributed by atoms with E-state index in [0.717, 1.165) is 5.69 Å². The molecular weight excluding hydrogens is 554 g/mol. The number of hydrogen-bond acceptors (Lipinski definition) is 8. The van der Waals surface area contributed by atoms with Crippen LogP contribution in [0.4, 0.5) is 11.4 Å². The summed E-state index contributed by atoms with van der Waals surface area (Å²) < 4.78 is 0. The molecule has 0 saturated carbocycles. The molecule has 2 aliphatic heterocycles. The lowest BCUT2D eigenvalue weighted by molar-refractivity contribution is -0.141. The van der Waals surface area contributed by atoms with E-state index in [1.54, 1.807) is 4.90 Å². The number of thioether (sulfide) groups is 1. The molecule has 3 atom stereocenters. The van der Waals surface area contributed by atoms with E-state index in [2.05, 4.69) is 26.9 Å². The van der Waals surface area contributed by atoms with Crippen molar-refractivity contribution in [2.24, 2.45) is 11.3 Å². The topological polar surface area (TPSA) is 138 Å². The van der Waals surface area contributed by atoms with E-state index in [4.69, 9.17) is 0 Å². The van der Waals surface area contributed by atoms with Crippen molar-refractivity contribution in [3.63, 3.8) is 0 Å². The van der Waals surface area contributed by atoms with Crippen LogP contribution in [0, 0.1) is 22.7 Å². The molecule has 4 amide bonds. The predicted octanol–water partition coefficient (Wildman–Crippen LogP) is 2.57. The van der Waals surface area contributed by atoms with Gasteiger partial charge in [-0.3, -0.25) is 24.1 Å². The molecule has 2 aliphatic rings. The molecule has 42 heavy (non-hydrogen) atoms. The van der Waals surface area contributed by atoms with Crippen LogP contribution in [0.15, 0.2) is 24.3 Å². The zero-order valence-corrected chi connectivity index (χ0v) is 26.3. The standard InChI is InChI=1S/C30H45N7O4S/c1-6-32-27(39)21(19-31)17-26-37(7-2)28(40)24(42-26)11-12-33-22-9-8-10-23(18-22)34-25(38)20-35-13-15-36(16-14-35)29(41)30(3,4)5/h8-10,18,21,24,26,33H,6-7,11-17,20H2,1-5H3,(H,32,39)(H,34,38). The van der Waals surface area contributed by atoms with Crippen LogP contribution < -0.4 is 16.0 Å². The van der Waals surface area contributed by atoms with Gasteiger partial charge in [-0.2, -0.15) is 5.26 Å². The largest absolute Gasteiger partial charge is 0.385 e. The Morgan fingerprint density at radius 3 is 2.43 bits per heavy atom. The number of nitrogens with one attached hydrogen (secondary N) is 3. The molecule has 2 fully saturated rings. The molecule has 0 bridgehead atoms. The number of benzene rings is 1. The van der Waals surface area contributed by atoms with Gasteiger partial charge in [-0.25, -0.2) is 0 Å². The second kappa shape index (κ2) is 15.3. The van der Waals surface area contributed by atoms with Gasteiger partial charge in [0.15, 0.2) is 0 Å². The van der Waals surface area contributed by atoms with Crippen LogP contribution in [0.3, 0.4) is 0 Å². The van der Waals surface area contributed by atoms with Gasteiger partial charge in [0, 0.05) is 69.0 Å². The molecule has 0 spiro atoms. The minimum absolute atomic E-state index is 0.0338. The quantitative estimate of drug-likeness (QED) is 0.333. The number of piperazine rings is 1. The van der Waals surface area contributed by atoms with Crippen LogP contribution in [0.2, 0.25) is 0 Å². The van der Waals surface area contributed by atoms with Crippen LogP contribution in [0.5, 0.6) is 0 Å². The van der Waals surface area contributed by atoms with Gasteiger partial charge in [0.05, 0.1) is 23.2 Å². The number of carbonyl (C=O) groups excluding carboxylic acids is 4. The van der Waals surface area contributed by atoms with Crippen LogP contribution >= 0.6 is 11.8 Å². The van der Waals surface area contributed by atoms with E-state index in [1.165, 1.54) is 11.8 Å². The first kappa shape index (κ1) is 33.2. The zero-order valence-electron chi connectivity index (χ0n) is 25.4. The van der Waals surface area contributed by atoms with Crippen molar-refractivity contribution < 1.29 is 19.2 Å².